The van der Waals surface area contributed by atoms with E-state index in [0.717, 1.165) is 11.9 Å². The van der Waals surface area contributed by atoms with Crippen LogP contribution in [0.4, 0.5) is 11.6 Å². The third-order valence-corrected chi connectivity index (χ3v) is 2.32. The first-order valence-electron chi connectivity index (χ1n) is 5.39. The van der Waals surface area contributed by atoms with Crippen LogP contribution in [0.3, 0.4) is 0 Å². The highest BCUT2D eigenvalue weighted by Gasteiger charge is 2.20. The van der Waals surface area contributed by atoms with Gasteiger partial charge in [0.25, 0.3) is 0 Å². The molecule has 0 saturated carbocycles. The maximum Gasteiger partial charge on any atom is 0.349 e. The Morgan fingerprint density at radius 3 is 2.79 bits per heavy atom. The maximum atomic E-state index is 10.9. The van der Waals surface area contributed by atoms with Gasteiger partial charge < -0.3 is 10.1 Å². The van der Waals surface area contributed by atoms with E-state index in [1.807, 2.05) is 0 Å². The fraction of sp³-hybridized carbons (Fsp3) is 0.300. The van der Waals surface area contributed by atoms with E-state index in [1.165, 1.54) is 4.68 Å². The zero-order chi connectivity index (χ0) is 14.0. The van der Waals surface area contributed by atoms with Crippen LogP contribution in [0.15, 0.2) is 12.3 Å². The van der Waals surface area contributed by atoms with Crippen LogP contribution < -0.4 is 10.1 Å². The van der Waals surface area contributed by atoms with Gasteiger partial charge in [0.1, 0.15) is 6.20 Å². The lowest BCUT2D eigenvalue weighted by Gasteiger charge is -2.06. The SMILES string of the molecule is CNc1ncc([N+](=O)[O-])c(Oc2cc(C)nn2C)n1. The summed E-state index contributed by atoms with van der Waals surface area (Å²) in [6, 6.07) is 1.66. The van der Waals surface area contributed by atoms with Crippen molar-refractivity contribution in [2.45, 2.75) is 6.92 Å². The van der Waals surface area contributed by atoms with Crippen molar-refractivity contribution in [3.8, 4) is 11.8 Å². The molecule has 0 aliphatic heterocycles. The van der Waals surface area contributed by atoms with Gasteiger partial charge in [0.2, 0.25) is 11.8 Å². The molecule has 1 N–H and O–H groups in total. The van der Waals surface area contributed by atoms with Gasteiger partial charge in [0.05, 0.1) is 10.6 Å². The Hall–Kier alpha value is -2.71. The van der Waals surface area contributed by atoms with Crippen molar-refractivity contribution in [3.05, 3.63) is 28.1 Å². The molecule has 0 aromatic carbocycles. The van der Waals surface area contributed by atoms with Crippen LogP contribution in [0.2, 0.25) is 0 Å². The second-order valence-corrected chi connectivity index (χ2v) is 3.74. The van der Waals surface area contributed by atoms with Crippen LogP contribution in [0.5, 0.6) is 11.8 Å². The minimum absolute atomic E-state index is 0.132. The Kier molecular flexibility index (Phi) is 3.27. The monoisotopic (exact) mass is 264 g/mol. The number of rotatable bonds is 4. The third kappa shape index (κ3) is 2.59. The van der Waals surface area contributed by atoms with Crippen molar-refractivity contribution in [2.75, 3.05) is 12.4 Å². The van der Waals surface area contributed by atoms with Gasteiger partial charge in [-0.05, 0) is 6.92 Å². The number of hydrogen-bond acceptors (Lipinski definition) is 7. The van der Waals surface area contributed by atoms with Crippen LogP contribution in [0, 0.1) is 17.0 Å². The number of aromatic nitrogens is 4. The minimum Gasteiger partial charge on any atom is -0.415 e. The summed E-state index contributed by atoms with van der Waals surface area (Å²) < 4.78 is 6.91. The number of ether oxygens (including phenoxy) is 1. The van der Waals surface area contributed by atoms with E-state index in [9.17, 15) is 10.1 Å². The molecule has 2 rings (SSSR count). The lowest BCUT2D eigenvalue weighted by atomic mass is 10.5. The van der Waals surface area contributed by atoms with Crippen molar-refractivity contribution in [1.29, 1.82) is 0 Å². The number of anilines is 1. The molecular formula is C10H12N6O3. The topological polar surface area (TPSA) is 108 Å². The summed E-state index contributed by atoms with van der Waals surface area (Å²) in [7, 11) is 3.29. The smallest absolute Gasteiger partial charge is 0.349 e. The normalized spacial score (nSPS) is 10.3. The second-order valence-electron chi connectivity index (χ2n) is 3.74. The summed E-state index contributed by atoms with van der Waals surface area (Å²) in [6.07, 6.45) is 1.09. The zero-order valence-electron chi connectivity index (χ0n) is 10.6. The molecule has 2 heterocycles. The van der Waals surface area contributed by atoms with E-state index in [2.05, 4.69) is 20.4 Å². The van der Waals surface area contributed by atoms with E-state index in [-0.39, 0.29) is 17.5 Å². The third-order valence-electron chi connectivity index (χ3n) is 2.32. The fourth-order valence-corrected chi connectivity index (χ4v) is 1.46. The first-order chi connectivity index (χ1) is 9.01. The average molecular weight is 264 g/mol. The molecule has 19 heavy (non-hydrogen) atoms. The molecule has 9 heteroatoms. The van der Waals surface area contributed by atoms with Gasteiger partial charge >= 0.3 is 11.6 Å². The highest BCUT2D eigenvalue weighted by Crippen LogP contribution is 2.29. The summed E-state index contributed by atoms with van der Waals surface area (Å²) in [6.45, 7) is 1.79. The molecule has 0 saturated heterocycles. The second kappa shape index (κ2) is 4.88. The van der Waals surface area contributed by atoms with E-state index < -0.39 is 4.92 Å². The number of nitrogens with zero attached hydrogens (tertiary/aromatic N) is 5. The molecule has 9 nitrogen and oxygen atoms in total. The molecule has 0 aliphatic rings. The van der Waals surface area contributed by atoms with Gasteiger partial charge in [-0.3, -0.25) is 10.1 Å². The molecular weight excluding hydrogens is 252 g/mol. The summed E-state index contributed by atoms with van der Waals surface area (Å²) in [4.78, 5) is 18.0. The fourth-order valence-electron chi connectivity index (χ4n) is 1.46. The molecule has 0 spiro atoms. The van der Waals surface area contributed by atoms with Crippen molar-refractivity contribution in [2.24, 2.45) is 7.05 Å². The predicted octanol–water partition coefficient (Wildman–Crippen LogP) is 1.26. The highest BCUT2D eigenvalue weighted by atomic mass is 16.6. The number of hydrogen-bond donors (Lipinski definition) is 1. The van der Waals surface area contributed by atoms with Crippen molar-refractivity contribution in [3.63, 3.8) is 0 Å². The molecule has 0 radical (unpaired) electrons. The molecule has 0 fully saturated rings. The van der Waals surface area contributed by atoms with Crippen LogP contribution in [0.1, 0.15) is 5.69 Å². The van der Waals surface area contributed by atoms with E-state index >= 15 is 0 Å². The van der Waals surface area contributed by atoms with Crippen LogP contribution in [-0.4, -0.2) is 31.7 Å². The highest BCUT2D eigenvalue weighted by molar-refractivity contribution is 5.44. The average Bonchev–Trinajstić information content (AvgIpc) is 2.67. The zero-order valence-corrected chi connectivity index (χ0v) is 10.6. The van der Waals surface area contributed by atoms with Crippen LogP contribution in [0.25, 0.3) is 0 Å². The van der Waals surface area contributed by atoms with Crippen LogP contribution in [-0.2, 0) is 7.05 Å². The summed E-state index contributed by atoms with van der Waals surface area (Å²) in [5.74, 6) is 0.466. The Balaban J connectivity index is 2.42. The van der Waals surface area contributed by atoms with Crippen molar-refractivity contribution < 1.29 is 9.66 Å². The van der Waals surface area contributed by atoms with Gasteiger partial charge in [-0.2, -0.15) is 10.1 Å². The van der Waals surface area contributed by atoms with E-state index in [0.29, 0.717) is 5.88 Å². The summed E-state index contributed by atoms with van der Waals surface area (Å²) in [5, 5.41) is 17.7. The summed E-state index contributed by atoms with van der Waals surface area (Å²) >= 11 is 0. The lowest BCUT2D eigenvalue weighted by molar-refractivity contribution is -0.386. The lowest BCUT2D eigenvalue weighted by Crippen LogP contribution is -2.03. The Morgan fingerprint density at radius 1 is 1.53 bits per heavy atom. The van der Waals surface area contributed by atoms with Crippen LogP contribution >= 0.6 is 0 Å². The summed E-state index contributed by atoms with van der Waals surface area (Å²) in [5.41, 5.74) is 0.431. The van der Waals surface area contributed by atoms with Gasteiger partial charge in [-0.25, -0.2) is 9.67 Å². The Labute approximate surface area is 108 Å². The first kappa shape index (κ1) is 12.7. The Morgan fingerprint density at radius 2 is 2.26 bits per heavy atom. The van der Waals surface area contributed by atoms with Gasteiger partial charge in [0.15, 0.2) is 0 Å². The van der Waals surface area contributed by atoms with E-state index in [1.54, 1.807) is 27.1 Å². The standard InChI is InChI=1S/C10H12N6O3/c1-6-4-8(15(3)14-6)19-9-7(16(17)18)5-12-10(11-2)13-9/h4-5H,1-3H3,(H,11,12,13). The first-order valence-corrected chi connectivity index (χ1v) is 5.39. The quantitative estimate of drug-likeness (QED) is 0.654. The largest absolute Gasteiger partial charge is 0.415 e. The number of aryl methyl sites for hydroxylation is 2. The molecule has 0 atom stereocenters. The molecule has 0 amide bonds. The molecule has 0 aliphatic carbocycles. The molecule has 2 aromatic heterocycles. The van der Waals surface area contributed by atoms with E-state index in [4.69, 9.17) is 4.74 Å². The molecule has 2 aromatic rings. The molecule has 100 valence electrons. The maximum absolute atomic E-state index is 10.9. The number of nitro groups is 1. The predicted molar refractivity (Wildman–Crippen MR) is 66.3 cm³/mol. The van der Waals surface area contributed by atoms with Gasteiger partial charge in [0, 0.05) is 20.2 Å². The van der Waals surface area contributed by atoms with Crippen molar-refractivity contribution in [1.82, 2.24) is 19.7 Å². The minimum atomic E-state index is -0.599. The number of nitrogens with one attached hydrogen (secondary N) is 1. The molecule has 0 unspecified atom stereocenters. The van der Waals surface area contributed by atoms with Gasteiger partial charge in [-0.15, -0.1) is 0 Å². The molecule has 0 bridgehead atoms. The Bertz CT molecular complexity index is 624. The van der Waals surface area contributed by atoms with Crippen molar-refractivity contribution >= 4 is 11.6 Å². The van der Waals surface area contributed by atoms with Gasteiger partial charge in [-0.1, -0.05) is 0 Å².